The zero-order chi connectivity index (χ0) is 12.3. The second-order valence-electron chi connectivity index (χ2n) is 3.50. The van der Waals surface area contributed by atoms with E-state index < -0.39 is 5.97 Å². The summed E-state index contributed by atoms with van der Waals surface area (Å²) in [7, 11) is 0. The van der Waals surface area contributed by atoms with E-state index in [0.29, 0.717) is 5.69 Å². The summed E-state index contributed by atoms with van der Waals surface area (Å²) in [5.41, 5.74) is 1.46. The minimum atomic E-state index is -1.19. The van der Waals surface area contributed by atoms with Crippen molar-refractivity contribution in [3.8, 4) is 5.75 Å². The molecule has 0 unspecified atom stereocenters. The largest absolute Gasteiger partial charge is 0.487 e. The van der Waals surface area contributed by atoms with Crippen LogP contribution in [0.2, 0.25) is 0 Å². The lowest BCUT2D eigenvalue weighted by atomic mass is 10.2. The highest BCUT2D eigenvalue weighted by Crippen LogP contribution is 2.17. The molecular formula is C12H11NO4. The molecule has 17 heavy (non-hydrogen) atoms. The Balaban J connectivity index is 2.02. The average molecular weight is 233 g/mol. The van der Waals surface area contributed by atoms with E-state index in [4.69, 9.17) is 14.3 Å². The number of benzene rings is 1. The molecule has 0 aliphatic heterocycles. The summed E-state index contributed by atoms with van der Waals surface area (Å²) in [6, 6.07) is 7.56. The molecule has 1 heterocycles. The third-order valence-corrected chi connectivity index (χ3v) is 2.20. The summed E-state index contributed by atoms with van der Waals surface area (Å²) in [6.07, 6.45) is 1.28. The first-order valence-corrected chi connectivity index (χ1v) is 5.03. The van der Waals surface area contributed by atoms with Crippen molar-refractivity contribution < 1.29 is 19.1 Å². The lowest BCUT2D eigenvalue weighted by Gasteiger charge is -2.06. The van der Waals surface area contributed by atoms with Crippen molar-refractivity contribution in [1.82, 2.24) is 4.98 Å². The maximum Gasteiger partial charge on any atom is 0.392 e. The van der Waals surface area contributed by atoms with Gasteiger partial charge >= 0.3 is 11.9 Å². The minimum absolute atomic E-state index is 0.182. The number of para-hydroxylation sites is 1. The summed E-state index contributed by atoms with van der Waals surface area (Å²) in [4.78, 5) is 14.3. The predicted molar refractivity (Wildman–Crippen MR) is 59.0 cm³/mol. The lowest BCUT2D eigenvalue weighted by Crippen LogP contribution is -2.00. The Kier molecular flexibility index (Phi) is 3.09. The Morgan fingerprint density at radius 2 is 2.24 bits per heavy atom. The molecule has 5 heteroatoms. The highest BCUT2D eigenvalue weighted by Gasteiger charge is 2.11. The Labute approximate surface area is 97.7 Å². The zero-order valence-corrected chi connectivity index (χ0v) is 9.21. The van der Waals surface area contributed by atoms with Crippen molar-refractivity contribution in [1.29, 1.82) is 0 Å². The van der Waals surface area contributed by atoms with Crippen molar-refractivity contribution in [3.63, 3.8) is 0 Å². The van der Waals surface area contributed by atoms with E-state index >= 15 is 0 Å². The first-order chi connectivity index (χ1) is 8.16. The fourth-order valence-corrected chi connectivity index (χ4v) is 1.34. The van der Waals surface area contributed by atoms with Gasteiger partial charge in [-0.2, -0.15) is 0 Å². The van der Waals surface area contributed by atoms with Crippen LogP contribution in [-0.2, 0) is 6.61 Å². The van der Waals surface area contributed by atoms with Crippen LogP contribution in [0.3, 0.4) is 0 Å². The lowest BCUT2D eigenvalue weighted by molar-refractivity contribution is 0.0653. The van der Waals surface area contributed by atoms with E-state index in [9.17, 15) is 4.79 Å². The molecule has 1 aromatic carbocycles. The highest BCUT2D eigenvalue weighted by atomic mass is 16.5. The molecule has 0 bridgehead atoms. The Morgan fingerprint density at radius 3 is 2.88 bits per heavy atom. The minimum Gasteiger partial charge on any atom is -0.487 e. The van der Waals surface area contributed by atoms with Crippen molar-refractivity contribution in [2.45, 2.75) is 13.5 Å². The van der Waals surface area contributed by atoms with Gasteiger partial charge in [-0.3, -0.25) is 0 Å². The zero-order valence-electron chi connectivity index (χ0n) is 9.21. The molecule has 0 atom stereocenters. The van der Waals surface area contributed by atoms with Crippen molar-refractivity contribution in [2.75, 3.05) is 0 Å². The fraction of sp³-hybridized carbons (Fsp3) is 0.167. The van der Waals surface area contributed by atoms with E-state index in [1.54, 1.807) is 0 Å². The van der Waals surface area contributed by atoms with E-state index in [2.05, 4.69) is 4.98 Å². The molecule has 0 fully saturated rings. The van der Waals surface area contributed by atoms with Crippen molar-refractivity contribution >= 4 is 5.97 Å². The number of aryl methyl sites for hydroxylation is 1. The summed E-state index contributed by atoms with van der Waals surface area (Å²) >= 11 is 0. The number of oxazole rings is 1. The molecule has 1 N–H and O–H groups in total. The van der Waals surface area contributed by atoms with Gasteiger partial charge in [0.05, 0.1) is 0 Å². The number of hydrogen-bond donors (Lipinski definition) is 1. The summed E-state index contributed by atoms with van der Waals surface area (Å²) in [5, 5.41) is 8.63. The fourth-order valence-electron chi connectivity index (χ4n) is 1.34. The number of hydrogen-bond acceptors (Lipinski definition) is 4. The van der Waals surface area contributed by atoms with Crippen LogP contribution in [0.4, 0.5) is 0 Å². The summed E-state index contributed by atoms with van der Waals surface area (Å²) < 4.78 is 10.3. The standard InChI is InChI=1S/C12H11NO4/c1-8-4-2-3-5-10(8)16-6-9-7-17-11(13-9)12(14)15/h2-5,7H,6H2,1H3,(H,14,15). The highest BCUT2D eigenvalue weighted by molar-refractivity contribution is 5.82. The monoisotopic (exact) mass is 233 g/mol. The van der Waals surface area contributed by atoms with E-state index in [1.807, 2.05) is 31.2 Å². The van der Waals surface area contributed by atoms with Gasteiger partial charge in [0.2, 0.25) is 0 Å². The molecule has 0 amide bonds. The molecule has 88 valence electrons. The molecule has 0 aliphatic carbocycles. The number of aromatic carboxylic acids is 1. The van der Waals surface area contributed by atoms with Gasteiger partial charge in [0.1, 0.15) is 24.3 Å². The smallest absolute Gasteiger partial charge is 0.392 e. The predicted octanol–water partition coefficient (Wildman–Crippen LogP) is 2.26. The first kappa shape index (κ1) is 11.2. The van der Waals surface area contributed by atoms with Crippen LogP contribution in [-0.4, -0.2) is 16.1 Å². The maximum atomic E-state index is 10.5. The molecule has 2 rings (SSSR count). The van der Waals surface area contributed by atoms with Crippen LogP contribution in [0.25, 0.3) is 0 Å². The van der Waals surface area contributed by atoms with E-state index in [1.165, 1.54) is 6.26 Å². The topological polar surface area (TPSA) is 72.6 Å². The summed E-state index contributed by atoms with van der Waals surface area (Å²) in [5.74, 6) is -0.770. The van der Waals surface area contributed by atoms with Crippen LogP contribution in [0.1, 0.15) is 21.9 Å². The van der Waals surface area contributed by atoms with E-state index in [-0.39, 0.29) is 12.5 Å². The maximum absolute atomic E-state index is 10.5. The number of nitrogens with zero attached hydrogens (tertiary/aromatic N) is 1. The van der Waals surface area contributed by atoms with Gasteiger partial charge in [-0.05, 0) is 18.6 Å². The number of carboxylic acid groups (broad SMARTS) is 1. The molecule has 0 saturated heterocycles. The molecule has 0 radical (unpaired) electrons. The van der Waals surface area contributed by atoms with Gasteiger partial charge in [0, 0.05) is 0 Å². The van der Waals surface area contributed by atoms with Crippen molar-refractivity contribution in [3.05, 3.63) is 47.7 Å². The molecule has 0 saturated carbocycles. The number of carboxylic acids is 1. The van der Waals surface area contributed by atoms with Gasteiger partial charge in [-0.1, -0.05) is 18.2 Å². The Bertz CT molecular complexity index is 533. The number of aromatic nitrogens is 1. The third-order valence-electron chi connectivity index (χ3n) is 2.20. The van der Waals surface area contributed by atoms with Crippen LogP contribution in [0.15, 0.2) is 34.9 Å². The number of ether oxygens (including phenoxy) is 1. The second kappa shape index (κ2) is 4.69. The van der Waals surface area contributed by atoms with Gasteiger partial charge in [-0.15, -0.1) is 0 Å². The van der Waals surface area contributed by atoms with Crippen molar-refractivity contribution in [2.24, 2.45) is 0 Å². The molecule has 0 aliphatic rings. The quantitative estimate of drug-likeness (QED) is 0.876. The number of rotatable bonds is 4. The summed E-state index contributed by atoms with van der Waals surface area (Å²) in [6.45, 7) is 2.11. The normalized spacial score (nSPS) is 10.2. The van der Waals surface area contributed by atoms with Gasteiger partial charge < -0.3 is 14.3 Å². The molecule has 5 nitrogen and oxygen atoms in total. The van der Waals surface area contributed by atoms with Crippen LogP contribution in [0.5, 0.6) is 5.75 Å². The average Bonchev–Trinajstić information content (AvgIpc) is 2.77. The van der Waals surface area contributed by atoms with Crippen LogP contribution in [0, 0.1) is 6.92 Å². The Morgan fingerprint density at radius 1 is 1.47 bits per heavy atom. The van der Waals surface area contributed by atoms with Gasteiger partial charge in [0.15, 0.2) is 0 Å². The van der Waals surface area contributed by atoms with Crippen LogP contribution >= 0.6 is 0 Å². The Hall–Kier alpha value is -2.30. The van der Waals surface area contributed by atoms with Crippen LogP contribution < -0.4 is 4.74 Å². The molecular weight excluding hydrogens is 222 g/mol. The molecule has 1 aromatic heterocycles. The first-order valence-electron chi connectivity index (χ1n) is 5.03. The van der Waals surface area contributed by atoms with E-state index in [0.717, 1.165) is 11.3 Å². The van der Waals surface area contributed by atoms with Gasteiger partial charge in [0.25, 0.3) is 0 Å². The van der Waals surface area contributed by atoms with Gasteiger partial charge in [-0.25, -0.2) is 9.78 Å². The molecule has 0 spiro atoms. The molecule has 2 aromatic rings. The number of carbonyl (C=O) groups is 1. The SMILES string of the molecule is Cc1ccccc1OCc1coc(C(=O)O)n1. The second-order valence-corrected chi connectivity index (χ2v) is 3.50. The third kappa shape index (κ3) is 2.63.